The molecule has 0 saturated carbocycles. The van der Waals surface area contributed by atoms with Crippen molar-refractivity contribution < 1.29 is 4.42 Å². The molecule has 0 aliphatic heterocycles. The summed E-state index contributed by atoms with van der Waals surface area (Å²) in [4.78, 5) is 0. The van der Waals surface area contributed by atoms with Crippen LogP contribution in [0.2, 0.25) is 0 Å². The molecule has 13 aromatic rings. The van der Waals surface area contributed by atoms with Crippen LogP contribution in [0.1, 0.15) is 0 Å². The van der Waals surface area contributed by atoms with E-state index in [1.807, 2.05) is 22.7 Å². The minimum Gasteiger partial charge on any atom is -0.456 e. The third-order valence-electron chi connectivity index (χ3n) is 11.5. The highest BCUT2D eigenvalue weighted by molar-refractivity contribution is 7.37. The van der Waals surface area contributed by atoms with E-state index in [1.165, 1.54) is 101 Å². The van der Waals surface area contributed by atoms with Crippen molar-refractivity contribution in [1.29, 1.82) is 0 Å². The summed E-state index contributed by atoms with van der Waals surface area (Å²) in [7, 11) is 0. The number of aromatic nitrogens is 1. The molecule has 0 N–H and O–H groups in total. The van der Waals surface area contributed by atoms with Crippen molar-refractivity contribution in [3.8, 4) is 16.8 Å². The van der Waals surface area contributed by atoms with Crippen LogP contribution >= 0.6 is 22.7 Å². The van der Waals surface area contributed by atoms with Gasteiger partial charge in [-0.3, -0.25) is 0 Å². The Hall–Kier alpha value is -6.46. The summed E-state index contributed by atoms with van der Waals surface area (Å²) in [6.07, 6.45) is 0. The Balaban J connectivity index is 1.16. The average Bonchev–Trinajstić information content (AvgIpc) is 3.96. The van der Waals surface area contributed by atoms with Gasteiger partial charge in [-0.15, -0.1) is 22.7 Å². The summed E-state index contributed by atoms with van der Waals surface area (Å²) in [5, 5.41) is 15.0. The molecule has 0 radical (unpaired) electrons. The molecule has 0 aliphatic carbocycles. The van der Waals surface area contributed by atoms with Crippen LogP contribution < -0.4 is 0 Å². The first-order valence-electron chi connectivity index (χ1n) is 18.3. The van der Waals surface area contributed by atoms with E-state index in [9.17, 15) is 0 Å². The van der Waals surface area contributed by atoms with Crippen molar-refractivity contribution in [2.24, 2.45) is 0 Å². The molecule has 13 rings (SSSR count). The van der Waals surface area contributed by atoms with Gasteiger partial charge in [-0.2, -0.15) is 0 Å². The Bertz CT molecular complexity index is 3680. The highest BCUT2D eigenvalue weighted by Crippen LogP contribution is 2.52. The standard InChI is InChI=1S/C50H27NOS2/c1-2-13-30-27-42-39(25-29(30)12-1)38-26-31(21-23-41(38)52-42)44-33-15-5-7-17-35(33)46(36-18-8-6-16-34(36)44)51-40-20-10-9-19-37(40)48-47(51)50-49(54-48)45-32-14-4-3-11-28(32)22-24-43(45)53-50/h1-27H. The van der Waals surface area contributed by atoms with E-state index in [2.05, 4.69) is 168 Å². The SMILES string of the molecule is c1ccc2cc3c(cc2c1)oc1ccc(-c2c4ccccc4c(-n4c5ccccc5c5sc6c(sc7ccc8ccccc8c76)c54)c4ccccc24)cc13. The Morgan fingerprint density at radius 3 is 1.81 bits per heavy atom. The number of hydrogen-bond acceptors (Lipinski definition) is 3. The monoisotopic (exact) mass is 721 g/mol. The molecule has 250 valence electrons. The van der Waals surface area contributed by atoms with Crippen molar-refractivity contribution in [1.82, 2.24) is 4.57 Å². The summed E-state index contributed by atoms with van der Waals surface area (Å²) in [6, 6.07) is 60.1. The maximum Gasteiger partial charge on any atom is 0.136 e. The minimum absolute atomic E-state index is 0.910. The molecule has 4 heteroatoms. The van der Waals surface area contributed by atoms with Crippen molar-refractivity contribution in [2.75, 3.05) is 0 Å². The molecule has 54 heavy (non-hydrogen) atoms. The number of hydrogen-bond donors (Lipinski definition) is 0. The summed E-state index contributed by atoms with van der Waals surface area (Å²) in [5.41, 5.74) is 8.05. The number of para-hydroxylation sites is 1. The van der Waals surface area contributed by atoms with Crippen LogP contribution in [0.3, 0.4) is 0 Å². The molecule has 9 aromatic carbocycles. The first-order chi connectivity index (χ1) is 26.8. The molecule has 4 heterocycles. The van der Waals surface area contributed by atoms with Gasteiger partial charge in [-0.1, -0.05) is 127 Å². The van der Waals surface area contributed by atoms with E-state index in [0.717, 1.165) is 21.9 Å². The first-order valence-corrected chi connectivity index (χ1v) is 20.0. The molecule has 0 fully saturated rings. The first kappa shape index (κ1) is 29.0. The molecular formula is C50H27NOS2. The molecule has 2 nitrogen and oxygen atoms in total. The molecule has 0 atom stereocenters. The van der Waals surface area contributed by atoms with Crippen LogP contribution in [0.15, 0.2) is 168 Å². The van der Waals surface area contributed by atoms with E-state index in [-0.39, 0.29) is 0 Å². The van der Waals surface area contributed by atoms with Gasteiger partial charge < -0.3 is 8.98 Å². The van der Waals surface area contributed by atoms with Crippen molar-refractivity contribution >= 4 is 128 Å². The number of furan rings is 1. The van der Waals surface area contributed by atoms with E-state index in [1.54, 1.807) is 0 Å². The number of rotatable bonds is 2. The Kier molecular flexibility index (Phi) is 5.69. The lowest BCUT2D eigenvalue weighted by Gasteiger charge is -2.19. The zero-order valence-electron chi connectivity index (χ0n) is 28.8. The van der Waals surface area contributed by atoms with E-state index >= 15 is 0 Å². The van der Waals surface area contributed by atoms with Crippen LogP contribution in [0.5, 0.6) is 0 Å². The summed E-state index contributed by atoms with van der Waals surface area (Å²) in [6.45, 7) is 0. The topological polar surface area (TPSA) is 18.1 Å². The Labute approximate surface area is 316 Å². The van der Waals surface area contributed by atoms with Crippen LogP contribution in [-0.2, 0) is 0 Å². The predicted molar refractivity (Wildman–Crippen MR) is 234 cm³/mol. The van der Waals surface area contributed by atoms with Crippen LogP contribution in [0, 0.1) is 0 Å². The minimum atomic E-state index is 0.910. The molecule has 0 aliphatic rings. The van der Waals surface area contributed by atoms with Crippen LogP contribution in [0.4, 0.5) is 0 Å². The van der Waals surface area contributed by atoms with E-state index in [0.29, 0.717) is 0 Å². The van der Waals surface area contributed by atoms with Crippen LogP contribution in [-0.4, -0.2) is 4.57 Å². The average molecular weight is 722 g/mol. The summed E-state index contributed by atoms with van der Waals surface area (Å²) < 4.78 is 14.5. The van der Waals surface area contributed by atoms with Gasteiger partial charge in [0.25, 0.3) is 0 Å². The molecule has 4 aromatic heterocycles. The normalized spacial score (nSPS) is 12.4. The molecular weight excluding hydrogens is 695 g/mol. The lowest BCUT2D eigenvalue weighted by Crippen LogP contribution is -1.98. The fourth-order valence-corrected chi connectivity index (χ4v) is 12.0. The predicted octanol–water partition coefficient (Wildman–Crippen LogP) is 15.4. The second-order valence-corrected chi connectivity index (χ2v) is 16.4. The maximum atomic E-state index is 6.45. The molecule has 0 amide bonds. The quantitative estimate of drug-likeness (QED) is 0.163. The van der Waals surface area contributed by atoms with Gasteiger partial charge in [0.05, 0.1) is 30.8 Å². The van der Waals surface area contributed by atoms with Gasteiger partial charge >= 0.3 is 0 Å². The molecule has 0 spiro atoms. The van der Waals surface area contributed by atoms with E-state index < -0.39 is 0 Å². The third-order valence-corrected chi connectivity index (χ3v) is 14.1. The lowest BCUT2D eigenvalue weighted by atomic mass is 9.90. The Morgan fingerprint density at radius 1 is 0.407 bits per heavy atom. The third kappa shape index (κ3) is 3.78. The van der Waals surface area contributed by atoms with Gasteiger partial charge in [-0.25, -0.2) is 0 Å². The zero-order chi connectivity index (χ0) is 35.1. The number of benzene rings is 9. The fraction of sp³-hybridized carbons (Fsp3) is 0. The second kappa shape index (κ2) is 10.6. The largest absolute Gasteiger partial charge is 0.456 e. The van der Waals surface area contributed by atoms with Gasteiger partial charge in [0, 0.05) is 37.0 Å². The summed E-state index contributed by atoms with van der Waals surface area (Å²) >= 11 is 3.88. The van der Waals surface area contributed by atoms with E-state index in [4.69, 9.17) is 4.42 Å². The van der Waals surface area contributed by atoms with Gasteiger partial charge in [0.15, 0.2) is 0 Å². The smallest absolute Gasteiger partial charge is 0.136 e. The second-order valence-electron chi connectivity index (χ2n) is 14.4. The molecule has 0 bridgehead atoms. The highest BCUT2D eigenvalue weighted by Gasteiger charge is 2.25. The number of thiophene rings is 2. The van der Waals surface area contributed by atoms with Crippen molar-refractivity contribution in [2.45, 2.75) is 0 Å². The van der Waals surface area contributed by atoms with Gasteiger partial charge in [-0.05, 0) is 79.8 Å². The van der Waals surface area contributed by atoms with Crippen molar-refractivity contribution in [3.63, 3.8) is 0 Å². The zero-order valence-corrected chi connectivity index (χ0v) is 30.4. The lowest BCUT2D eigenvalue weighted by molar-refractivity contribution is 0.669. The van der Waals surface area contributed by atoms with Crippen LogP contribution in [0.25, 0.3) is 122 Å². The maximum absolute atomic E-state index is 6.45. The summed E-state index contributed by atoms with van der Waals surface area (Å²) in [5.74, 6) is 0. The highest BCUT2D eigenvalue weighted by atomic mass is 32.1. The van der Waals surface area contributed by atoms with Crippen molar-refractivity contribution in [3.05, 3.63) is 164 Å². The molecule has 0 saturated heterocycles. The van der Waals surface area contributed by atoms with Gasteiger partial charge in [0.1, 0.15) is 11.2 Å². The van der Waals surface area contributed by atoms with Gasteiger partial charge in [0.2, 0.25) is 0 Å². The number of nitrogens with zero attached hydrogens (tertiary/aromatic N) is 1. The molecule has 0 unspecified atom stereocenters. The number of fused-ring (bicyclic) bond motifs is 15. The fourth-order valence-electron chi connectivity index (χ4n) is 9.22. The Morgan fingerprint density at radius 2 is 1.04 bits per heavy atom.